The monoisotopic (exact) mass is 486 g/mol. The molecule has 3 N–H and O–H groups in total. The first-order valence-corrected chi connectivity index (χ1v) is 13.2. The number of carbonyl (C=O) groups excluding carboxylic acids is 1. The van der Waals surface area contributed by atoms with Crippen molar-refractivity contribution < 1.29 is 19.7 Å². The van der Waals surface area contributed by atoms with Crippen molar-refractivity contribution in [1.82, 2.24) is 20.2 Å². The number of nitrogens with one attached hydrogen (secondary N) is 1. The standard InChI is InChI=1S/C28H30N4O4/c33-20-4-3-17-11-21-26-6-7-28(35,19(12-26)24(34)30-13-18-5-9-29-15-31-18)25-27(26,22(17)23(20)36-25)8-10-32(21)14-16-1-2-16/h3-5,9,12,15-16,21,25,33,35H,1-2,6-8,10-11,13-14H2,(H,30,34)/t21-,25-,26-,27+,28-/m1/s1. The van der Waals surface area contributed by atoms with Gasteiger partial charge in [0.2, 0.25) is 5.91 Å². The highest BCUT2D eigenvalue weighted by molar-refractivity contribution is 5.97. The summed E-state index contributed by atoms with van der Waals surface area (Å²) < 4.78 is 6.55. The van der Waals surface area contributed by atoms with Crippen molar-refractivity contribution in [2.45, 2.75) is 68.2 Å². The molecule has 0 unspecified atom stereocenters. The molecule has 1 aromatic heterocycles. The van der Waals surface area contributed by atoms with Crippen molar-refractivity contribution in [2.75, 3.05) is 13.1 Å². The van der Waals surface area contributed by atoms with Crippen molar-refractivity contribution in [3.63, 3.8) is 0 Å². The number of hydrogen-bond donors (Lipinski definition) is 3. The molecule has 2 aromatic rings. The molecule has 0 radical (unpaired) electrons. The minimum atomic E-state index is -1.42. The number of aromatic hydroxyl groups is 1. The Kier molecular flexibility index (Phi) is 4.03. The summed E-state index contributed by atoms with van der Waals surface area (Å²) in [6.45, 7) is 2.32. The first-order valence-electron chi connectivity index (χ1n) is 13.2. The number of nitrogens with zero attached hydrogens (tertiary/aromatic N) is 3. The van der Waals surface area contributed by atoms with Crippen LogP contribution >= 0.6 is 0 Å². The predicted molar refractivity (Wildman–Crippen MR) is 129 cm³/mol. The molecule has 3 heterocycles. The number of hydrogen-bond acceptors (Lipinski definition) is 7. The van der Waals surface area contributed by atoms with Gasteiger partial charge in [0, 0.05) is 35.3 Å². The van der Waals surface area contributed by atoms with Gasteiger partial charge in [0.1, 0.15) is 18.0 Å². The van der Waals surface area contributed by atoms with Crippen LogP contribution in [-0.4, -0.2) is 61.8 Å². The highest BCUT2D eigenvalue weighted by Gasteiger charge is 2.78. The van der Waals surface area contributed by atoms with Crippen LogP contribution in [0.4, 0.5) is 0 Å². The lowest BCUT2D eigenvalue weighted by Gasteiger charge is -2.70. The first-order chi connectivity index (χ1) is 17.5. The van der Waals surface area contributed by atoms with E-state index in [1.54, 1.807) is 18.3 Å². The molecule has 186 valence electrons. The zero-order chi connectivity index (χ0) is 24.3. The van der Waals surface area contributed by atoms with Gasteiger partial charge in [-0.15, -0.1) is 0 Å². The molecule has 2 saturated carbocycles. The number of benzene rings is 1. The maximum absolute atomic E-state index is 13.7. The third-order valence-electron chi connectivity index (χ3n) is 10.2. The number of amides is 1. The van der Waals surface area contributed by atoms with Crippen LogP contribution in [0.25, 0.3) is 0 Å². The van der Waals surface area contributed by atoms with E-state index >= 15 is 0 Å². The summed E-state index contributed by atoms with van der Waals surface area (Å²) in [6.07, 6.45) is 10.3. The molecule has 5 atom stereocenters. The number of phenols is 1. The van der Waals surface area contributed by atoms with E-state index in [4.69, 9.17) is 4.74 Å². The van der Waals surface area contributed by atoms with Crippen LogP contribution in [0.15, 0.2) is 42.4 Å². The number of rotatable bonds is 5. The quantitative estimate of drug-likeness (QED) is 0.593. The van der Waals surface area contributed by atoms with Crippen LogP contribution in [0.5, 0.6) is 11.5 Å². The Morgan fingerprint density at radius 2 is 2.11 bits per heavy atom. The highest BCUT2D eigenvalue weighted by Crippen LogP contribution is 2.74. The molecule has 5 aliphatic carbocycles. The second kappa shape index (κ2) is 6.86. The zero-order valence-corrected chi connectivity index (χ0v) is 20.1. The SMILES string of the molecule is O=C(NCc1ccncn1)C1=C[C@@]23CC[C@]1(O)[C@@H]1Oc4c(O)ccc5c4[C@@]12CCN(CC1CC1)[C@@H]3C5. The molecule has 2 aliphatic heterocycles. The molecular weight excluding hydrogens is 456 g/mol. The van der Waals surface area contributed by atoms with Crippen LogP contribution < -0.4 is 10.1 Å². The van der Waals surface area contributed by atoms with Crippen molar-refractivity contribution in [3.8, 4) is 11.5 Å². The van der Waals surface area contributed by atoms with Crippen molar-refractivity contribution >= 4 is 5.91 Å². The normalized spacial score (nSPS) is 37.2. The third-order valence-corrected chi connectivity index (χ3v) is 10.2. The second-order valence-electron chi connectivity index (χ2n) is 11.7. The zero-order valence-electron chi connectivity index (χ0n) is 20.1. The molecule has 4 bridgehead atoms. The Morgan fingerprint density at radius 3 is 2.92 bits per heavy atom. The molecule has 9 rings (SSSR count). The molecule has 8 heteroatoms. The Hall–Kier alpha value is -2.97. The maximum atomic E-state index is 13.7. The summed E-state index contributed by atoms with van der Waals surface area (Å²) in [4.78, 5) is 24.5. The first kappa shape index (κ1) is 21.1. The number of phenolic OH excluding ortho intramolecular Hbond substituents is 1. The molecule has 7 aliphatic rings. The van der Waals surface area contributed by atoms with Gasteiger partial charge >= 0.3 is 0 Å². The molecule has 8 nitrogen and oxygen atoms in total. The van der Waals surface area contributed by atoms with Crippen LogP contribution in [0.1, 0.15) is 48.9 Å². The van der Waals surface area contributed by atoms with E-state index in [-0.39, 0.29) is 29.7 Å². The summed E-state index contributed by atoms with van der Waals surface area (Å²) >= 11 is 0. The maximum Gasteiger partial charge on any atom is 0.250 e. The fraction of sp³-hybridized carbons (Fsp3) is 0.536. The number of fused-ring (bicyclic) bond motifs is 1. The average molecular weight is 487 g/mol. The van der Waals surface area contributed by atoms with Crippen LogP contribution in [0.3, 0.4) is 0 Å². The van der Waals surface area contributed by atoms with E-state index in [0.717, 1.165) is 43.8 Å². The van der Waals surface area contributed by atoms with E-state index in [9.17, 15) is 15.0 Å². The molecule has 1 saturated heterocycles. The van der Waals surface area contributed by atoms with E-state index < -0.39 is 17.1 Å². The van der Waals surface area contributed by atoms with Gasteiger partial charge in [0.25, 0.3) is 0 Å². The highest BCUT2D eigenvalue weighted by atomic mass is 16.5. The van der Waals surface area contributed by atoms with Crippen molar-refractivity contribution in [1.29, 1.82) is 0 Å². The summed E-state index contributed by atoms with van der Waals surface area (Å²) in [5.74, 6) is 1.15. The summed E-state index contributed by atoms with van der Waals surface area (Å²) in [5, 5.41) is 26.1. The molecule has 1 aromatic carbocycles. The lowest BCUT2D eigenvalue weighted by molar-refractivity contribution is -0.186. The predicted octanol–water partition coefficient (Wildman–Crippen LogP) is 1.99. The Morgan fingerprint density at radius 1 is 1.22 bits per heavy atom. The number of likely N-dealkylation sites (tertiary alicyclic amines) is 1. The lowest BCUT2D eigenvalue weighted by atomic mass is 9.38. The van der Waals surface area contributed by atoms with E-state index in [2.05, 4.69) is 26.3 Å². The van der Waals surface area contributed by atoms with E-state index in [1.165, 1.54) is 24.7 Å². The summed E-state index contributed by atoms with van der Waals surface area (Å²) in [6, 6.07) is 5.80. The van der Waals surface area contributed by atoms with Gasteiger partial charge in [-0.3, -0.25) is 9.69 Å². The van der Waals surface area contributed by atoms with Crippen molar-refractivity contribution in [2.24, 2.45) is 11.3 Å². The van der Waals surface area contributed by atoms with Gasteiger partial charge in [-0.25, -0.2) is 9.97 Å². The van der Waals surface area contributed by atoms with E-state index in [1.807, 2.05) is 6.07 Å². The van der Waals surface area contributed by atoms with Crippen LogP contribution in [0.2, 0.25) is 0 Å². The summed E-state index contributed by atoms with van der Waals surface area (Å²) in [7, 11) is 0. The molecule has 2 spiro atoms. The van der Waals surface area contributed by atoms with Gasteiger partial charge in [0.15, 0.2) is 11.5 Å². The van der Waals surface area contributed by atoms with Gasteiger partial charge in [-0.05, 0) is 68.7 Å². The third kappa shape index (κ3) is 2.44. The summed E-state index contributed by atoms with van der Waals surface area (Å²) in [5.41, 5.74) is 1.28. The minimum Gasteiger partial charge on any atom is -0.504 e. The Balaban J connectivity index is 1.27. The second-order valence-corrected chi connectivity index (χ2v) is 11.7. The Bertz CT molecular complexity index is 1330. The van der Waals surface area contributed by atoms with Crippen molar-refractivity contribution in [3.05, 3.63) is 59.2 Å². The van der Waals surface area contributed by atoms with Gasteiger partial charge in [0.05, 0.1) is 17.7 Å². The van der Waals surface area contributed by atoms with Gasteiger partial charge in [-0.2, -0.15) is 0 Å². The minimum absolute atomic E-state index is 0.129. The smallest absolute Gasteiger partial charge is 0.250 e. The fourth-order valence-corrected chi connectivity index (χ4v) is 8.50. The molecule has 36 heavy (non-hydrogen) atoms. The largest absolute Gasteiger partial charge is 0.504 e. The molecular formula is C28H30N4O4. The fourth-order valence-electron chi connectivity index (χ4n) is 8.50. The lowest BCUT2D eigenvalue weighted by Crippen LogP contribution is -2.78. The number of aromatic nitrogens is 2. The van der Waals surface area contributed by atoms with Gasteiger partial charge < -0.3 is 20.3 Å². The topological polar surface area (TPSA) is 108 Å². The average Bonchev–Trinajstić information content (AvgIpc) is 3.63. The molecule has 1 amide bonds. The number of carbonyl (C=O) groups is 1. The van der Waals surface area contributed by atoms with Crippen LogP contribution in [-0.2, 0) is 23.2 Å². The number of aliphatic hydroxyl groups is 1. The Labute approximate surface area is 209 Å². The number of ether oxygens (including phenoxy) is 1. The number of piperidine rings is 1. The van der Waals surface area contributed by atoms with Crippen LogP contribution in [0, 0.1) is 11.3 Å². The molecule has 3 fully saturated rings. The van der Waals surface area contributed by atoms with E-state index in [0.29, 0.717) is 23.4 Å². The van der Waals surface area contributed by atoms with Gasteiger partial charge in [-0.1, -0.05) is 12.1 Å².